The van der Waals surface area contributed by atoms with Gasteiger partial charge in [0, 0.05) is 24.0 Å². The van der Waals surface area contributed by atoms with E-state index >= 15 is 4.39 Å². The van der Waals surface area contributed by atoms with E-state index in [2.05, 4.69) is 0 Å². The van der Waals surface area contributed by atoms with Crippen LogP contribution in [-0.4, -0.2) is 46.6 Å². The van der Waals surface area contributed by atoms with Gasteiger partial charge in [-0.1, -0.05) is 11.6 Å². The quantitative estimate of drug-likeness (QED) is 0.606. The van der Waals surface area contributed by atoms with E-state index in [1.54, 1.807) is 0 Å². The fourth-order valence-electron chi connectivity index (χ4n) is 5.96. The van der Waals surface area contributed by atoms with E-state index in [0.717, 1.165) is 12.1 Å². The first-order valence-corrected chi connectivity index (χ1v) is 14.0. The molecule has 0 radical (unpaired) electrons. The Morgan fingerprint density at radius 2 is 1.76 bits per heavy atom. The summed E-state index contributed by atoms with van der Waals surface area (Å²) in [4.78, 5) is -0.0522. The summed E-state index contributed by atoms with van der Waals surface area (Å²) in [6, 6.07) is 7.00. The van der Waals surface area contributed by atoms with E-state index < -0.39 is 54.1 Å². The minimum absolute atomic E-state index is 0.0522. The minimum Gasteiger partial charge on any atom is -0.490 e. The summed E-state index contributed by atoms with van der Waals surface area (Å²) >= 11 is 5.96. The molecule has 2 aromatic carbocycles. The normalized spacial score (nSPS) is 31.1. The Kier molecular flexibility index (Phi) is 5.32. The minimum atomic E-state index is -4.26. The highest BCUT2D eigenvalue weighted by atomic mass is 35.5. The molecule has 1 saturated carbocycles. The number of sulfonamides is 1. The second-order valence-corrected chi connectivity index (χ2v) is 13.7. The van der Waals surface area contributed by atoms with Crippen molar-refractivity contribution in [3.63, 3.8) is 0 Å². The molecule has 3 aliphatic rings. The maximum atomic E-state index is 15.4. The third-order valence-corrected chi connectivity index (χ3v) is 12.2. The lowest BCUT2D eigenvalue weighted by molar-refractivity contribution is 0.0276. The molecular formula is C22H22ClF2NO5S2. The highest BCUT2D eigenvalue weighted by Gasteiger charge is 2.64. The molecule has 4 atom stereocenters. The smallest absolute Gasteiger partial charge is 0.214 e. The zero-order chi connectivity index (χ0) is 23.8. The van der Waals surface area contributed by atoms with Gasteiger partial charge in [0.25, 0.3) is 0 Å². The average Bonchev–Trinajstić information content (AvgIpc) is 2.78. The van der Waals surface area contributed by atoms with Gasteiger partial charge in [-0.3, -0.25) is 0 Å². The molecule has 178 valence electrons. The van der Waals surface area contributed by atoms with E-state index in [9.17, 15) is 21.2 Å². The molecule has 0 unspecified atom stereocenters. The second-order valence-electron chi connectivity index (χ2n) is 8.89. The molecule has 2 heterocycles. The van der Waals surface area contributed by atoms with E-state index in [4.69, 9.17) is 16.3 Å². The lowest BCUT2D eigenvalue weighted by Gasteiger charge is -2.55. The van der Waals surface area contributed by atoms with Gasteiger partial charge in [0.1, 0.15) is 10.6 Å². The van der Waals surface area contributed by atoms with E-state index in [1.165, 1.54) is 35.6 Å². The Morgan fingerprint density at radius 1 is 1.09 bits per heavy atom. The van der Waals surface area contributed by atoms with Crippen molar-refractivity contribution in [3.8, 4) is 5.75 Å². The van der Waals surface area contributed by atoms with Gasteiger partial charge in [0.2, 0.25) is 10.0 Å². The van der Waals surface area contributed by atoms with Crippen molar-refractivity contribution in [1.29, 1.82) is 0 Å². The molecule has 33 heavy (non-hydrogen) atoms. The van der Waals surface area contributed by atoms with Crippen LogP contribution in [0, 0.1) is 23.5 Å². The third kappa shape index (κ3) is 3.17. The molecule has 1 aliphatic carbocycles. The van der Waals surface area contributed by atoms with Gasteiger partial charge >= 0.3 is 0 Å². The van der Waals surface area contributed by atoms with Crippen LogP contribution in [-0.2, 0) is 24.6 Å². The molecule has 11 heteroatoms. The van der Waals surface area contributed by atoms with Crippen molar-refractivity contribution in [2.24, 2.45) is 11.8 Å². The van der Waals surface area contributed by atoms with Crippen molar-refractivity contribution in [2.75, 3.05) is 19.4 Å². The molecule has 2 aromatic rings. The molecule has 0 N–H and O–H groups in total. The number of hydrogen-bond acceptors (Lipinski definition) is 5. The molecule has 6 nitrogen and oxygen atoms in total. The summed E-state index contributed by atoms with van der Waals surface area (Å²) in [6.07, 6.45) is 0.342. The van der Waals surface area contributed by atoms with E-state index in [1.807, 2.05) is 0 Å². The van der Waals surface area contributed by atoms with Crippen LogP contribution in [0.1, 0.15) is 24.8 Å². The van der Waals surface area contributed by atoms with Crippen LogP contribution in [0.15, 0.2) is 41.3 Å². The number of sulfone groups is 1. The van der Waals surface area contributed by atoms with Crippen molar-refractivity contribution in [1.82, 2.24) is 4.31 Å². The third-order valence-electron chi connectivity index (χ3n) is 7.53. The van der Waals surface area contributed by atoms with Gasteiger partial charge in [0.15, 0.2) is 21.4 Å². The monoisotopic (exact) mass is 517 g/mol. The Balaban J connectivity index is 1.76. The first kappa shape index (κ1) is 23.0. The molecule has 0 spiro atoms. The molecule has 2 aliphatic heterocycles. The van der Waals surface area contributed by atoms with Crippen LogP contribution in [0.25, 0.3) is 0 Å². The molecule has 0 bridgehead atoms. The zero-order valence-electron chi connectivity index (χ0n) is 17.7. The number of rotatable bonds is 2. The lowest BCUT2D eigenvalue weighted by Crippen LogP contribution is -2.62. The summed E-state index contributed by atoms with van der Waals surface area (Å²) in [7, 11) is -6.24. The Bertz CT molecular complexity index is 1330. The Morgan fingerprint density at radius 3 is 2.45 bits per heavy atom. The number of fused-ring (bicyclic) bond motifs is 5. The molecule has 0 aromatic heterocycles. The first-order valence-electron chi connectivity index (χ1n) is 10.6. The summed E-state index contributed by atoms with van der Waals surface area (Å²) in [5.74, 6) is -3.38. The maximum Gasteiger partial charge on any atom is 0.214 e. The number of ether oxygens (including phenoxy) is 1. The van der Waals surface area contributed by atoms with Crippen molar-refractivity contribution in [2.45, 2.75) is 34.9 Å². The average molecular weight is 518 g/mol. The van der Waals surface area contributed by atoms with Gasteiger partial charge in [-0.15, -0.1) is 0 Å². The molecule has 1 saturated heterocycles. The predicted molar refractivity (Wildman–Crippen MR) is 118 cm³/mol. The Labute approximate surface area is 196 Å². The van der Waals surface area contributed by atoms with Crippen molar-refractivity contribution < 1.29 is 30.4 Å². The van der Waals surface area contributed by atoms with Crippen LogP contribution in [0.2, 0.25) is 5.02 Å². The number of nitrogens with zero attached hydrogens (tertiary/aromatic N) is 1. The zero-order valence-corrected chi connectivity index (χ0v) is 20.1. The van der Waals surface area contributed by atoms with Gasteiger partial charge in [-0.2, -0.15) is 0 Å². The van der Waals surface area contributed by atoms with E-state index in [0.29, 0.717) is 5.02 Å². The maximum absolute atomic E-state index is 15.4. The largest absolute Gasteiger partial charge is 0.490 e. The van der Waals surface area contributed by atoms with Crippen LogP contribution in [0.4, 0.5) is 8.78 Å². The van der Waals surface area contributed by atoms with Crippen LogP contribution >= 0.6 is 11.6 Å². The molecule has 5 rings (SSSR count). The Hall–Kier alpha value is -1.75. The topological polar surface area (TPSA) is 80.8 Å². The molecular weight excluding hydrogens is 496 g/mol. The number of halogens is 3. The van der Waals surface area contributed by atoms with Crippen LogP contribution in [0.5, 0.6) is 5.75 Å². The summed E-state index contributed by atoms with van der Waals surface area (Å²) in [6.45, 7) is -0.157. The van der Waals surface area contributed by atoms with Gasteiger partial charge < -0.3 is 4.74 Å². The first-order chi connectivity index (χ1) is 15.5. The standard InChI is InChI=1S/C22H22ClF2NO5S2/c1-26-19-8-10-22(33(29,30)14-4-2-13(23)3-5-14)16(15(19)9-11-32(26,27)28)12-31-21-18(25)7-6-17(24)20(21)22/h2-7,15-16,19H,8-12H2,1H3/t15-,16-,19+,22-/m0/s1. The highest BCUT2D eigenvalue weighted by molar-refractivity contribution is 7.92. The highest BCUT2D eigenvalue weighted by Crippen LogP contribution is 2.59. The van der Waals surface area contributed by atoms with Crippen LogP contribution in [0.3, 0.4) is 0 Å². The fourth-order valence-corrected chi connectivity index (χ4v) is 10.0. The van der Waals surface area contributed by atoms with Crippen molar-refractivity contribution >= 4 is 31.5 Å². The predicted octanol–water partition coefficient (Wildman–Crippen LogP) is 3.74. The van der Waals surface area contributed by atoms with Crippen LogP contribution < -0.4 is 4.74 Å². The molecule has 2 fully saturated rings. The van der Waals surface area contributed by atoms with Gasteiger partial charge in [-0.05, 0) is 61.6 Å². The fraction of sp³-hybridized carbons (Fsp3) is 0.455. The van der Waals surface area contributed by atoms with Gasteiger partial charge in [-0.25, -0.2) is 29.9 Å². The van der Waals surface area contributed by atoms with Crippen molar-refractivity contribution in [3.05, 3.63) is 58.6 Å². The summed E-state index contributed by atoms with van der Waals surface area (Å²) in [5.41, 5.74) is -0.303. The van der Waals surface area contributed by atoms with Gasteiger partial charge in [0.05, 0.1) is 22.8 Å². The van der Waals surface area contributed by atoms with E-state index in [-0.39, 0.29) is 47.8 Å². The molecule has 0 amide bonds. The number of hydrogen-bond donors (Lipinski definition) is 0. The number of benzene rings is 2. The SMILES string of the molecule is CN1[C@@H]2CC[C@@]3(S(=O)(=O)c4ccc(Cl)cc4)c4c(F)ccc(F)c4OC[C@H]3[C@@H]2CCS1(=O)=O. The summed E-state index contributed by atoms with van der Waals surface area (Å²) in [5, 5.41) is 0.343. The summed E-state index contributed by atoms with van der Waals surface area (Å²) < 4.78 is 88.7. The second kappa shape index (κ2) is 7.63. The lowest BCUT2D eigenvalue weighted by atomic mass is 9.64.